The number of aryl methyl sites for hydroxylation is 1. The highest BCUT2D eigenvalue weighted by Crippen LogP contribution is 2.23. The summed E-state index contributed by atoms with van der Waals surface area (Å²) in [6, 6.07) is 4.94. The number of carbonyl (C=O) groups excluding carboxylic acids is 2. The fraction of sp³-hybridized carbons (Fsp3) is 0.412. The molecule has 3 rings (SSSR count). The number of nitrogens with one attached hydrogen (secondary N) is 2. The average Bonchev–Trinajstić information content (AvgIpc) is 3.12. The molecule has 1 fully saturated rings. The van der Waals surface area contributed by atoms with Gasteiger partial charge in [0.15, 0.2) is 0 Å². The van der Waals surface area contributed by atoms with Gasteiger partial charge in [0.1, 0.15) is 23.6 Å². The lowest BCUT2D eigenvalue weighted by Crippen LogP contribution is -2.56. The highest BCUT2D eigenvalue weighted by atomic mass is 19.3. The maximum absolute atomic E-state index is 12.8. The van der Waals surface area contributed by atoms with Crippen LogP contribution in [0.5, 0.6) is 5.75 Å². The number of amides is 2. The van der Waals surface area contributed by atoms with Crippen molar-refractivity contribution in [2.24, 2.45) is 0 Å². The molecular weight excluding hydrogens is 348 g/mol. The Morgan fingerprint density at radius 2 is 2.27 bits per heavy atom. The fourth-order valence-electron chi connectivity index (χ4n) is 3.08. The molecule has 3 heterocycles. The van der Waals surface area contributed by atoms with E-state index in [1.54, 1.807) is 25.1 Å². The SMILES string of the molecule is Cc1cc2ccc(OCC(F)F)cn2c1C(=O)NC1(CO)CCNC1=O. The van der Waals surface area contributed by atoms with Gasteiger partial charge in [-0.25, -0.2) is 8.78 Å². The second kappa shape index (κ2) is 6.91. The highest BCUT2D eigenvalue weighted by Gasteiger charge is 2.43. The summed E-state index contributed by atoms with van der Waals surface area (Å²) < 4.78 is 31.2. The Labute approximate surface area is 147 Å². The van der Waals surface area contributed by atoms with Crippen LogP contribution in [-0.4, -0.2) is 53.0 Å². The van der Waals surface area contributed by atoms with Gasteiger partial charge in [-0.2, -0.15) is 0 Å². The van der Waals surface area contributed by atoms with Gasteiger partial charge in [0.05, 0.1) is 12.8 Å². The molecular formula is C17H19F2N3O4. The van der Waals surface area contributed by atoms with Crippen molar-refractivity contribution in [2.45, 2.75) is 25.3 Å². The number of halogens is 2. The Kier molecular flexibility index (Phi) is 4.82. The van der Waals surface area contributed by atoms with Crippen LogP contribution in [0.3, 0.4) is 0 Å². The van der Waals surface area contributed by atoms with Gasteiger partial charge in [0.2, 0.25) is 5.91 Å². The molecule has 3 N–H and O–H groups in total. The van der Waals surface area contributed by atoms with Crippen molar-refractivity contribution in [3.8, 4) is 5.75 Å². The number of pyridine rings is 1. The van der Waals surface area contributed by atoms with Crippen LogP contribution in [0.25, 0.3) is 5.52 Å². The Hall–Kier alpha value is -2.68. The highest BCUT2D eigenvalue weighted by molar-refractivity contribution is 6.00. The van der Waals surface area contributed by atoms with E-state index in [-0.39, 0.29) is 17.9 Å². The zero-order chi connectivity index (χ0) is 18.9. The first-order valence-corrected chi connectivity index (χ1v) is 8.10. The molecule has 0 bridgehead atoms. The van der Waals surface area contributed by atoms with Crippen LogP contribution in [0.2, 0.25) is 0 Å². The van der Waals surface area contributed by atoms with Crippen LogP contribution in [0.1, 0.15) is 22.5 Å². The first-order chi connectivity index (χ1) is 12.4. The van der Waals surface area contributed by atoms with E-state index in [0.717, 1.165) is 0 Å². The van der Waals surface area contributed by atoms with E-state index in [0.29, 0.717) is 17.6 Å². The van der Waals surface area contributed by atoms with Gasteiger partial charge in [-0.05, 0) is 37.1 Å². The van der Waals surface area contributed by atoms with Crippen LogP contribution in [-0.2, 0) is 4.79 Å². The predicted molar refractivity (Wildman–Crippen MR) is 88.5 cm³/mol. The minimum atomic E-state index is -2.61. The van der Waals surface area contributed by atoms with E-state index < -0.39 is 37.0 Å². The lowest BCUT2D eigenvalue weighted by Gasteiger charge is -2.25. The van der Waals surface area contributed by atoms with Crippen LogP contribution in [0, 0.1) is 6.92 Å². The number of nitrogens with zero attached hydrogens (tertiary/aromatic N) is 1. The monoisotopic (exact) mass is 367 g/mol. The summed E-state index contributed by atoms with van der Waals surface area (Å²) in [4.78, 5) is 24.8. The van der Waals surface area contributed by atoms with Crippen LogP contribution in [0.4, 0.5) is 8.78 Å². The molecule has 0 aromatic carbocycles. The summed E-state index contributed by atoms with van der Waals surface area (Å²) >= 11 is 0. The molecule has 0 radical (unpaired) electrons. The van der Waals surface area contributed by atoms with Gasteiger partial charge < -0.3 is 24.9 Å². The normalized spacial score (nSPS) is 19.8. The summed E-state index contributed by atoms with van der Waals surface area (Å²) in [6.07, 6.45) is -0.885. The van der Waals surface area contributed by atoms with E-state index in [4.69, 9.17) is 4.74 Å². The maximum Gasteiger partial charge on any atom is 0.272 e. The topological polar surface area (TPSA) is 92.1 Å². The van der Waals surface area contributed by atoms with Crippen molar-refractivity contribution in [1.29, 1.82) is 0 Å². The first kappa shape index (κ1) is 18.1. The number of carbonyl (C=O) groups is 2. The van der Waals surface area contributed by atoms with Crippen molar-refractivity contribution in [1.82, 2.24) is 15.0 Å². The molecule has 0 saturated carbocycles. The van der Waals surface area contributed by atoms with Crippen molar-refractivity contribution in [3.63, 3.8) is 0 Å². The number of aliphatic hydroxyl groups excluding tert-OH is 1. The number of fused-ring (bicyclic) bond motifs is 1. The zero-order valence-electron chi connectivity index (χ0n) is 14.1. The van der Waals surface area contributed by atoms with Crippen LogP contribution >= 0.6 is 0 Å². The summed E-state index contributed by atoms with van der Waals surface area (Å²) in [5.41, 5.74) is 0.193. The molecule has 1 aliphatic heterocycles. The lowest BCUT2D eigenvalue weighted by molar-refractivity contribution is -0.125. The molecule has 7 nitrogen and oxygen atoms in total. The molecule has 1 saturated heterocycles. The van der Waals surface area contributed by atoms with E-state index in [2.05, 4.69) is 10.6 Å². The Balaban J connectivity index is 1.93. The Morgan fingerprint density at radius 3 is 2.88 bits per heavy atom. The smallest absolute Gasteiger partial charge is 0.272 e. The predicted octanol–water partition coefficient (Wildman–Crippen LogP) is 0.872. The standard InChI is InChI=1S/C17H19F2N3O4/c1-10-6-11-2-3-12(26-8-13(18)19)7-22(11)14(10)15(24)21-17(9-23)4-5-20-16(17)25/h2-3,6-7,13,23H,4-5,8-9H2,1H3,(H,20,25)(H,21,24). The minimum absolute atomic E-state index is 0.193. The van der Waals surface area contributed by atoms with Gasteiger partial charge in [-0.1, -0.05) is 0 Å². The van der Waals surface area contributed by atoms with E-state index in [9.17, 15) is 23.5 Å². The lowest BCUT2D eigenvalue weighted by atomic mass is 9.98. The van der Waals surface area contributed by atoms with Crippen molar-refractivity contribution in [2.75, 3.05) is 19.8 Å². The van der Waals surface area contributed by atoms with Gasteiger partial charge >= 0.3 is 0 Å². The van der Waals surface area contributed by atoms with E-state index >= 15 is 0 Å². The third kappa shape index (κ3) is 3.22. The zero-order valence-corrected chi connectivity index (χ0v) is 14.1. The number of aromatic nitrogens is 1. The number of alkyl halides is 2. The molecule has 2 amide bonds. The third-order valence-electron chi connectivity index (χ3n) is 4.42. The summed E-state index contributed by atoms with van der Waals surface area (Å²) in [5.74, 6) is -0.787. The second-order valence-corrected chi connectivity index (χ2v) is 6.24. The minimum Gasteiger partial charge on any atom is -0.486 e. The molecule has 1 atom stereocenters. The number of rotatable bonds is 6. The largest absolute Gasteiger partial charge is 0.486 e. The molecule has 0 aliphatic carbocycles. The quantitative estimate of drug-likeness (QED) is 0.707. The molecule has 140 valence electrons. The van der Waals surface area contributed by atoms with Crippen LogP contribution < -0.4 is 15.4 Å². The maximum atomic E-state index is 12.8. The van der Waals surface area contributed by atoms with Gasteiger partial charge in [-0.15, -0.1) is 0 Å². The van der Waals surface area contributed by atoms with Gasteiger partial charge in [-0.3, -0.25) is 9.59 Å². The summed E-state index contributed by atoms with van der Waals surface area (Å²) in [7, 11) is 0. The molecule has 9 heteroatoms. The first-order valence-electron chi connectivity index (χ1n) is 8.10. The fourth-order valence-corrected chi connectivity index (χ4v) is 3.08. The molecule has 0 spiro atoms. The van der Waals surface area contributed by atoms with Crippen molar-refractivity contribution in [3.05, 3.63) is 35.7 Å². The number of aliphatic hydroxyl groups is 1. The van der Waals surface area contributed by atoms with Crippen LogP contribution in [0.15, 0.2) is 24.4 Å². The average molecular weight is 367 g/mol. The Bertz CT molecular complexity index is 852. The second-order valence-electron chi connectivity index (χ2n) is 6.24. The van der Waals surface area contributed by atoms with Gasteiger partial charge in [0, 0.05) is 12.1 Å². The molecule has 2 aromatic rings. The Morgan fingerprint density at radius 1 is 1.50 bits per heavy atom. The molecule has 2 aromatic heterocycles. The van der Waals surface area contributed by atoms with E-state index in [1.165, 1.54) is 10.6 Å². The summed E-state index contributed by atoms with van der Waals surface area (Å²) in [6.45, 7) is 0.817. The van der Waals surface area contributed by atoms with Crippen molar-refractivity contribution < 1.29 is 28.2 Å². The molecule has 26 heavy (non-hydrogen) atoms. The van der Waals surface area contributed by atoms with Crippen molar-refractivity contribution >= 4 is 17.3 Å². The molecule has 1 aliphatic rings. The third-order valence-corrected chi connectivity index (χ3v) is 4.42. The number of hydrogen-bond donors (Lipinski definition) is 3. The van der Waals surface area contributed by atoms with E-state index in [1.807, 2.05) is 0 Å². The molecule has 1 unspecified atom stereocenters. The van der Waals surface area contributed by atoms with Gasteiger partial charge in [0.25, 0.3) is 12.3 Å². The number of hydrogen-bond acceptors (Lipinski definition) is 4. The summed E-state index contributed by atoms with van der Waals surface area (Å²) in [5, 5.41) is 14.8. The number of ether oxygens (including phenoxy) is 1.